The molecule has 0 unspecified atom stereocenters. The summed E-state index contributed by atoms with van der Waals surface area (Å²) in [6.45, 7) is 9.61. The van der Waals surface area contributed by atoms with E-state index < -0.39 is 23.6 Å². The molecule has 0 radical (unpaired) electrons. The fraction of sp³-hybridized carbons (Fsp3) is 0.444. The number of benzene rings is 1. The van der Waals surface area contributed by atoms with Crippen LogP contribution in [-0.4, -0.2) is 56.5 Å². The number of amides is 2. The van der Waals surface area contributed by atoms with Gasteiger partial charge >= 0.3 is 0 Å². The first-order valence-corrected chi connectivity index (χ1v) is 13.3. The van der Waals surface area contributed by atoms with Crippen LogP contribution in [0.3, 0.4) is 0 Å². The zero-order valence-corrected chi connectivity index (χ0v) is 22.4. The van der Waals surface area contributed by atoms with Crippen molar-refractivity contribution in [3.63, 3.8) is 0 Å². The molecule has 194 valence electrons. The van der Waals surface area contributed by atoms with E-state index in [0.29, 0.717) is 23.7 Å². The lowest BCUT2D eigenvalue weighted by molar-refractivity contribution is -0.134. The van der Waals surface area contributed by atoms with E-state index in [1.54, 1.807) is 29.2 Å². The number of amidine groups is 1. The minimum atomic E-state index is -1.14. The zero-order chi connectivity index (χ0) is 26.5. The number of aromatic nitrogens is 2. The Bertz CT molecular complexity index is 1360. The molecule has 5 rings (SSSR count). The van der Waals surface area contributed by atoms with Crippen molar-refractivity contribution in [2.75, 3.05) is 6.54 Å². The van der Waals surface area contributed by atoms with Crippen molar-refractivity contribution in [3.05, 3.63) is 58.6 Å². The second-order valence-electron chi connectivity index (χ2n) is 10.4. The SMILES string of the molecule is Cc1cc([C@H](C(=O)N2C[C@H](O)C[C@H]2C2=N[C@@](C)(c3ccc(-c4scnc4C)cc3)C(=O)N2)C(C)C)on1. The topological polar surface area (TPSA) is 121 Å². The molecule has 2 aliphatic rings. The van der Waals surface area contributed by atoms with Crippen molar-refractivity contribution >= 4 is 29.0 Å². The largest absolute Gasteiger partial charge is 0.391 e. The van der Waals surface area contributed by atoms with Gasteiger partial charge in [0.25, 0.3) is 5.91 Å². The number of nitrogens with zero attached hydrogens (tertiary/aromatic N) is 4. The Morgan fingerprint density at radius 2 is 2.00 bits per heavy atom. The minimum Gasteiger partial charge on any atom is -0.391 e. The Hall–Kier alpha value is -3.37. The molecule has 2 amide bonds. The molecule has 0 spiro atoms. The highest BCUT2D eigenvalue weighted by molar-refractivity contribution is 7.13. The summed E-state index contributed by atoms with van der Waals surface area (Å²) in [5.74, 6) is -0.149. The molecule has 2 aromatic heterocycles. The lowest BCUT2D eigenvalue weighted by atomic mass is 9.91. The molecule has 37 heavy (non-hydrogen) atoms. The Morgan fingerprint density at radius 1 is 1.27 bits per heavy atom. The first-order valence-electron chi connectivity index (χ1n) is 12.4. The van der Waals surface area contributed by atoms with Crippen LogP contribution in [0, 0.1) is 19.8 Å². The van der Waals surface area contributed by atoms with Crippen molar-refractivity contribution in [1.82, 2.24) is 20.4 Å². The number of aliphatic hydroxyl groups is 1. The maximum Gasteiger partial charge on any atom is 0.257 e. The van der Waals surface area contributed by atoms with Crippen LogP contribution in [0.1, 0.15) is 55.8 Å². The number of aliphatic hydroxyl groups excluding tert-OH is 1. The van der Waals surface area contributed by atoms with Gasteiger partial charge in [-0.15, -0.1) is 11.3 Å². The molecule has 4 heterocycles. The van der Waals surface area contributed by atoms with E-state index in [9.17, 15) is 14.7 Å². The van der Waals surface area contributed by atoms with Gasteiger partial charge in [0, 0.05) is 19.0 Å². The average Bonchev–Trinajstić information content (AvgIpc) is 3.62. The first kappa shape index (κ1) is 25.3. The molecule has 1 saturated heterocycles. The summed E-state index contributed by atoms with van der Waals surface area (Å²) >= 11 is 1.57. The number of hydrogen-bond acceptors (Lipinski definition) is 8. The average molecular weight is 522 g/mol. The number of carbonyl (C=O) groups excluding carboxylic acids is 2. The molecule has 9 nitrogen and oxygen atoms in total. The number of rotatable bonds is 6. The van der Waals surface area contributed by atoms with Crippen LogP contribution in [0.25, 0.3) is 10.4 Å². The monoisotopic (exact) mass is 521 g/mol. The van der Waals surface area contributed by atoms with Crippen LogP contribution in [0.5, 0.6) is 0 Å². The second kappa shape index (κ2) is 9.50. The maximum atomic E-state index is 13.8. The number of hydrogen-bond donors (Lipinski definition) is 2. The quantitative estimate of drug-likeness (QED) is 0.512. The lowest BCUT2D eigenvalue weighted by Gasteiger charge is -2.29. The van der Waals surface area contributed by atoms with Gasteiger partial charge < -0.3 is 19.8 Å². The fourth-order valence-corrected chi connectivity index (χ4v) is 6.01. The van der Waals surface area contributed by atoms with Crippen molar-refractivity contribution in [2.45, 2.75) is 64.6 Å². The van der Waals surface area contributed by atoms with Gasteiger partial charge in [0.1, 0.15) is 17.5 Å². The van der Waals surface area contributed by atoms with Gasteiger partial charge in [-0.3, -0.25) is 9.59 Å². The van der Waals surface area contributed by atoms with Crippen molar-refractivity contribution in [2.24, 2.45) is 10.9 Å². The van der Waals surface area contributed by atoms with Crippen LogP contribution >= 0.6 is 11.3 Å². The summed E-state index contributed by atoms with van der Waals surface area (Å²) in [6.07, 6.45) is -0.420. The third-order valence-electron chi connectivity index (χ3n) is 7.25. The summed E-state index contributed by atoms with van der Waals surface area (Å²) in [7, 11) is 0. The molecular weight excluding hydrogens is 490 g/mol. The summed E-state index contributed by atoms with van der Waals surface area (Å²) in [5.41, 5.74) is 4.13. The van der Waals surface area contributed by atoms with Gasteiger partial charge in [0.15, 0.2) is 5.54 Å². The van der Waals surface area contributed by atoms with Gasteiger partial charge in [-0.2, -0.15) is 0 Å². The number of nitrogens with one attached hydrogen (secondary N) is 1. The van der Waals surface area contributed by atoms with E-state index in [-0.39, 0.29) is 24.3 Å². The molecule has 0 saturated carbocycles. The highest BCUT2D eigenvalue weighted by Crippen LogP contribution is 2.36. The standard InChI is InChI=1S/C27H31N5O4S/c1-14(2)22(21-10-15(3)31-36-21)25(34)32-12-19(33)11-20(32)24-29-26(35)27(5,30-24)18-8-6-17(7-9-18)23-16(4)28-13-37-23/h6-10,13-14,19-20,22,33H,11-12H2,1-5H3,(H,29,30,35)/t19-,20+,22-,27+/m1/s1. The Labute approximate surface area is 219 Å². The van der Waals surface area contributed by atoms with Crippen molar-refractivity contribution in [3.8, 4) is 10.4 Å². The smallest absolute Gasteiger partial charge is 0.257 e. The van der Waals surface area contributed by atoms with Crippen LogP contribution < -0.4 is 5.32 Å². The van der Waals surface area contributed by atoms with Crippen LogP contribution in [0.2, 0.25) is 0 Å². The van der Waals surface area contributed by atoms with Crippen molar-refractivity contribution < 1.29 is 19.2 Å². The highest BCUT2D eigenvalue weighted by atomic mass is 32.1. The number of thiazole rings is 1. The Kier molecular flexibility index (Phi) is 6.49. The van der Waals surface area contributed by atoms with E-state index in [2.05, 4.69) is 15.5 Å². The highest BCUT2D eigenvalue weighted by Gasteiger charge is 2.48. The molecule has 10 heteroatoms. The van der Waals surface area contributed by atoms with Gasteiger partial charge in [0.2, 0.25) is 5.91 Å². The van der Waals surface area contributed by atoms with E-state index in [4.69, 9.17) is 9.52 Å². The Balaban J connectivity index is 1.43. The molecule has 0 bridgehead atoms. The van der Waals surface area contributed by atoms with Crippen LogP contribution in [-0.2, 0) is 15.1 Å². The fourth-order valence-electron chi connectivity index (χ4n) is 5.20. The van der Waals surface area contributed by atoms with E-state index >= 15 is 0 Å². The maximum absolute atomic E-state index is 13.8. The second-order valence-corrected chi connectivity index (χ2v) is 11.2. The molecular formula is C27H31N5O4S. The summed E-state index contributed by atoms with van der Waals surface area (Å²) in [4.78, 5) is 38.8. The molecule has 0 aliphatic carbocycles. The number of aliphatic imine (C=N–C) groups is 1. The summed E-state index contributed by atoms with van der Waals surface area (Å²) in [5, 5.41) is 17.4. The van der Waals surface area contributed by atoms with E-state index in [1.807, 2.05) is 57.5 Å². The van der Waals surface area contributed by atoms with Crippen molar-refractivity contribution in [1.29, 1.82) is 0 Å². The predicted octanol–water partition coefficient (Wildman–Crippen LogP) is 3.56. The Morgan fingerprint density at radius 3 is 2.59 bits per heavy atom. The molecule has 1 aromatic carbocycles. The van der Waals surface area contributed by atoms with Gasteiger partial charge in [0.05, 0.1) is 33.9 Å². The summed E-state index contributed by atoms with van der Waals surface area (Å²) < 4.78 is 5.44. The minimum absolute atomic E-state index is 0.0516. The lowest BCUT2D eigenvalue weighted by Crippen LogP contribution is -2.48. The van der Waals surface area contributed by atoms with Gasteiger partial charge in [-0.1, -0.05) is 43.3 Å². The number of aryl methyl sites for hydroxylation is 2. The number of β-amino-alcohol motifs (C(OH)–C–C–N with tert-alkyl or cyclic N) is 1. The molecule has 3 aromatic rings. The predicted molar refractivity (Wildman–Crippen MR) is 140 cm³/mol. The number of likely N-dealkylation sites (tertiary alicyclic amines) is 1. The number of carbonyl (C=O) groups is 2. The van der Waals surface area contributed by atoms with Crippen LogP contribution in [0.15, 0.2) is 45.4 Å². The van der Waals surface area contributed by atoms with Gasteiger partial charge in [-0.05, 0) is 37.8 Å². The molecule has 2 N–H and O–H groups in total. The third kappa shape index (κ3) is 4.48. The van der Waals surface area contributed by atoms with E-state index in [1.165, 1.54) is 0 Å². The zero-order valence-electron chi connectivity index (χ0n) is 21.6. The van der Waals surface area contributed by atoms with Gasteiger partial charge in [-0.25, -0.2) is 9.98 Å². The summed E-state index contributed by atoms with van der Waals surface area (Å²) in [6, 6.07) is 9.00. The molecule has 2 aliphatic heterocycles. The normalized spacial score (nSPS) is 24.5. The molecule has 4 atom stereocenters. The first-order chi connectivity index (χ1) is 17.6. The van der Waals surface area contributed by atoms with E-state index in [0.717, 1.165) is 21.7 Å². The molecule has 1 fully saturated rings. The van der Waals surface area contributed by atoms with Crippen LogP contribution in [0.4, 0.5) is 0 Å². The third-order valence-corrected chi connectivity index (χ3v) is 8.22.